The first-order valence-corrected chi connectivity index (χ1v) is 10.9. The zero-order chi connectivity index (χ0) is 19.4. The highest BCUT2D eigenvalue weighted by atomic mass is 16.5. The summed E-state index contributed by atoms with van der Waals surface area (Å²) in [5.41, 5.74) is 0. The Balaban J connectivity index is 2.47. The number of hydrogen-bond donors (Lipinski definition) is 1. The Morgan fingerprint density at radius 1 is 0.962 bits per heavy atom. The molecule has 3 unspecified atom stereocenters. The summed E-state index contributed by atoms with van der Waals surface area (Å²) in [6, 6.07) is 0. The van der Waals surface area contributed by atoms with Crippen molar-refractivity contribution in [2.24, 2.45) is 17.8 Å². The van der Waals surface area contributed by atoms with Crippen LogP contribution in [0.1, 0.15) is 104 Å². The molecule has 1 aliphatic carbocycles. The van der Waals surface area contributed by atoms with Gasteiger partial charge in [0.05, 0.1) is 11.8 Å². The molecule has 0 aromatic carbocycles. The van der Waals surface area contributed by atoms with E-state index in [1.165, 1.54) is 32.1 Å². The van der Waals surface area contributed by atoms with Gasteiger partial charge in [-0.3, -0.25) is 9.59 Å². The fourth-order valence-corrected chi connectivity index (χ4v) is 3.87. The maximum atomic E-state index is 12.6. The first kappa shape index (κ1) is 23.0. The van der Waals surface area contributed by atoms with Gasteiger partial charge in [0.1, 0.15) is 6.10 Å². The van der Waals surface area contributed by atoms with Crippen LogP contribution in [0, 0.1) is 17.8 Å². The number of esters is 1. The van der Waals surface area contributed by atoms with Crippen LogP contribution in [0.4, 0.5) is 0 Å². The van der Waals surface area contributed by atoms with Gasteiger partial charge >= 0.3 is 11.9 Å². The summed E-state index contributed by atoms with van der Waals surface area (Å²) in [7, 11) is 0. The summed E-state index contributed by atoms with van der Waals surface area (Å²) in [5.74, 6) is -0.808. The van der Waals surface area contributed by atoms with E-state index in [2.05, 4.69) is 20.8 Å². The number of ether oxygens (including phenoxy) is 1. The molecule has 0 saturated heterocycles. The number of carboxylic acid groups (broad SMARTS) is 1. The summed E-state index contributed by atoms with van der Waals surface area (Å²) >= 11 is 0. The SMILES string of the molecule is CCCCCCC(CCCCC(C)C)OC(=O)C1CCCC(C(=O)O)C1. The highest BCUT2D eigenvalue weighted by Crippen LogP contribution is 2.31. The Labute approximate surface area is 160 Å². The van der Waals surface area contributed by atoms with Crippen molar-refractivity contribution >= 4 is 11.9 Å². The Morgan fingerprint density at radius 3 is 2.19 bits per heavy atom. The second-order valence-electron chi connectivity index (χ2n) is 8.49. The summed E-state index contributed by atoms with van der Waals surface area (Å²) < 4.78 is 5.87. The predicted octanol–water partition coefficient (Wildman–Crippen LogP) is 5.98. The van der Waals surface area contributed by atoms with Crippen LogP contribution in [-0.2, 0) is 14.3 Å². The average molecular weight is 369 g/mol. The van der Waals surface area contributed by atoms with Crippen molar-refractivity contribution in [2.75, 3.05) is 0 Å². The van der Waals surface area contributed by atoms with E-state index in [0.29, 0.717) is 12.8 Å². The number of carbonyl (C=O) groups excluding carboxylic acids is 1. The number of rotatable bonds is 13. The van der Waals surface area contributed by atoms with E-state index in [9.17, 15) is 14.7 Å². The van der Waals surface area contributed by atoms with Crippen LogP contribution in [0.2, 0.25) is 0 Å². The maximum Gasteiger partial charge on any atom is 0.309 e. The predicted molar refractivity (Wildman–Crippen MR) is 105 cm³/mol. The largest absolute Gasteiger partial charge is 0.481 e. The lowest BCUT2D eigenvalue weighted by molar-refractivity contribution is -0.158. The maximum absolute atomic E-state index is 12.6. The fourth-order valence-electron chi connectivity index (χ4n) is 3.87. The third-order valence-electron chi connectivity index (χ3n) is 5.58. The van der Waals surface area contributed by atoms with Gasteiger partial charge < -0.3 is 9.84 Å². The molecular weight excluding hydrogens is 328 g/mol. The van der Waals surface area contributed by atoms with E-state index in [4.69, 9.17) is 4.74 Å². The van der Waals surface area contributed by atoms with E-state index in [1.54, 1.807) is 0 Å². The molecule has 4 nitrogen and oxygen atoms in total. The molecule has 3 atom stereocenters. The lowest BCUT2D eigenvalue weighted by Crippen LogP contribution is -2.31. The van der Waals surface area contributed by atoms with Crippen LogP contribution in [-0.4, -0.2) is 23.1 Å². The molecule has 4 heteroatoms. The smallest absolute Gasteiger partial charge is 0.309 e. The van der Waals surface area contributed by atoms with Gasteiger partial charge in [0.25, 0.3) is 0 Å². The molecule has 26 heavy (non-hydrogen) atoms. The zero-order valence-corrected chi connectivity index (χ0v) is 17.2. The Bertz CT molecular complexity index is 405. The third kappa shape index (κ3) is 9.59. The number of aliphatic carboxylic acids is 1. The summed E-state index contributed by atoms with van der Waals surface area (Å²) in [5, 5.41) is 9.22. The second-order valence-corrected chi connectivity index (χ2v) is 8.49. The van der Waals surface area contributed by atoms with Crippen LogP contribution in [0.3, 0.4) is 0 Å². The Kier molecular flexibility index (Phi) is 11.6. The third-order valence-corrected chi connectivity index (χ3v) is 5.58. The molecule has 0 heterocycles. The van der Waals surface area contributed by atoms with E-state index < -0.39 is 5.97 Å². The monoisotopic (exact) mass is 368 g/mol. The van der Waals surface area contributed by atoms with Crippen LogP contribution in [0.25, 0.3) is 0 Å². The van der Waals surface area contributed by atoms with Gasteiger partial charge in [-0.1, -0.05) is 59.3 Å². The summed E-state index contributed by atoms with van der Waals surface area (Å²) in [4.78, 5) is 23.8. The van der Waals surface area contributed by atoms with Crippen LogP contribution < -0.4 is 0 Å². The zero-order valence-electron chi connectivity index (χ0n) is 17.2. The lowest BCUT2D eigenvalue weighted by atomic mass is 9.81. The molecule has 0 amide bonds. The van der Waals surface area contributed by atoms with Crippen LogP contribution >= 0.6 is 0 Å². The normalized spacial score (nSPS) is 21.5. The number of carbonyl (C=O) groups is 2. The summed E-state index contributed by atoms with van der Waals surface area (Å²) in [6.45, 7) is 6.68. The fraction of sp³-hybridized carbons (Fsp3) is 0.909. The highest BCUT2D eigenvalue weighted by Gasteiger charge is 2.32. The first-order chi connectivity index (χ1) is 12.4. The number of hydrogen-bond acceptors (Lipinski definition) is 3. The minimum Gasteiger partial charge on any atom is -0.481 e. The van der Waals surface area contributed by atoms with Gasteiger partial charge in [-0.15, -0.1) is 0 Å². The van der Waals surface area contributed by atoms with E-state index in [1.807, 2.05) is 0 Å². The molecule has 0 aromatic heterocycles. The number of unbranched alkanes of at least 4 members (excludes halogenated alkanes) is 4. The molecular formula is C22H40O4. The molecule has 0 aliphatic heterocycles. The molecule has 0 radical (unpaired) electrons. The molecule has 0 bridgehead atoms. The Hall–Kier alpha value is -1.06. The molecule has 152 valence electrons. The lowest BCUT2D eigenvalue weighted by Gasteiger charge is -2.27. The molecule has 1 saturated carbocycles. The molecule has 0 aromatic rings. The van der Waals surface area contributed by atoms with Crippen molar-refractivity contribution < 1.29 is 19.4 Å². The van der Waals surface area contributed by atoms with Crippen molar-refractivity contribution in [1.82, 2.24) is 0 Å². The molecule has 1 aliphatic rings. The minimum atomic E-state index is -0.771. The van der Waals surface area contributed by atoms with E-state index >= 15 is 0 Å². The van der Waals surface area contributed by atoms with Gasteiger partial charge in [-0.2, -0.15) is 0 Å². The first-order valence-electron chi connectivity index (χ1n) is 10.9. The quantitative estimate of drug-likeness (QED) is 0.321. The topological polar surface area (TPSA) is 63.6 Å². The second kappa shape index (κ2) is 13.2. The van der Waals surface area contributed by atoms with Crippen LogP contribution in [0.5, 0.6) is 0 Å². The average Bonchev–Trinajstić information content (AvgIpc) is 2.61. The van der Waals surface area contributed by atoms with Gasteiger partial charge in [0.15, 0.2) is 0 Å². The van der Waals surface area contributed by atoms with Crippen LogP contribution in [0.15, 0.2) is 0 Å². The van der Waals surface area contributed by atoms with Crippen molar-refractivity contribution in [2.45, 2.75) is 110 Å². The highest BCUT2D eigenvalue weighted by molar-refractivity contribution is 5.75. The van der Waals surface area contributed by atoms with Gasteiger partial charge in [0.2, 0.25) is 0 Å². The van der Waals surface area contributed by atoms with E-state index in [0.717, 1.165) is 44.4 Å². The van der Waals surface area contributed by atoms with Crippen molar-refractivity contribution in [3.63, 3.8) is 0 Å². The summed E-state index contributed by atoms with van der Waals surface area (Å²) in [6.07, 6.45) is 12.9. The molecule has 0 spiro atoms. The standard InChI is InChI=1S/C22H40O4/c1-4-5-6-7-14-20(15-9-8-11-17(2)3)26-22(25)19-13-10-12-18(16-19)21(23)24/h17-20H,4-16H2,1-3H3,(H,23,24). The molecule has 1 fully saturated rings. The van der Waals surface area contributed by atoms with Crippen molar-refractivity contribution in [3.8, 4) is 0 Å². The Morgan fingerprint density at radius 2 is 1.58 bits per heavy atom. The van der Waals surface area contributed by atoms with Gasteiger partial charge in [-0.25, -0.2) is 0 Å². The number of carboxylic acids is 1. The molecule has 1 N–H and O–H groups in total. The van der Waals surface area contributed by atoms with Crippen molar-refractivity contribution in [3.05, 3.63) is 0 Å². The van der Waals surface area contributed by atoms with Gasteiger partial charge in [-0.05, 0) is 50.9 Å². The molecule has 1 rings (SSSR count). The minimum absolute atomic E-state index is 0.0109. The van der Waals surface area contributed by atoms with Gasteiger partial charge in [0, 0.05) is 0 Å². The van der Waals surface area contributed by atoms with Crippen molar-refractivity contribution in [1.29, 1.82) is 0 Å². The van der Waals surface area contributed by atoms with E-state index in [-0.39, 0.29) is 23.9 Å².